The number of halogens is 1. The Bertz CT molecular complexity index is 307. The van der Waals surface area contributed by atoms with Gasteiger partial charge in [0.2, 0.25) is 0 Å². The minimum Gasteiger partial charge on any atom is -0.491 e. The maximum Gasteiger partial charge on any atom is 0.119 e. The second-order valence-corrected chi connectivity index (χ2v) is 6.18. The minimum atomic E-state index is 0.330. The first-order chi connectivity index (χ1) is 8.72. The van der Waals surface area contributed by atoms with Crippen LogP contribution in [0.25, 0.3) is 0 Å². The standard InChI is InChI=1S/C16H25IO/c1-3-4-5-6-7-8-9-14(2)18-16-12-10-15(17)11-13-16/h10-14H,3-9H2,1-2H3/t14-/m0/s1. The monoisotopic (exact) mass is 360 g/mol. The van der Waals surface area contributed by atoms with Crippen LogP contribution in [0.4, 0.5) is 0 Å². The SMILES string of the molecule is CCCCCCCC[C@H](C)Oc1ccc(I)cc1. The second kappa shape index (κ2) is 9.65. The molecule has 0 unspecified atom stereocenters. The van der Waals surface area contributed by atoms with Crippen molar-refractivity contribution in [1.29, 1.82) is 0 Å². The number of hydrogen-bond acceptors (Lipinski definition) is 1. The molecule has 1 rings (SSSR count). The molecule has 1 nitrogen and oxygen atoms in total. The van der Waals surface area contributed by atoms with E-state index in [1.54, 1.807) is 0 Å². The van der Waals surface area contributed by atoms with E-state index < -0.39 is 0 Å². The molecule has 0 heterocycles. The van der Waals surface area contributed by atoms with E-state index >= 15 is 0 Å². The van der Waals surface area contributed by atoms with Crippen molar-refractivity contribution in [2.24, 2.45) is 0 Å². The molecule has 0 saturated carbocycles. The van der Waals surface area contributed by atoms with E-state index in [0.717, 1.165) is 12.2 Å². The van der Waals surface area contributed by atoms with Crippen LogP contribution in [0.5, 0.6) is 5.75 Å². The summed E-state index contributed by atoms with van der Waals surface area (Å²) in [6.07, 6.45) is 9.61. The Morgan fingerprint density at radius 1 is 1.00 bits per heavy atom. The third kappa shape index (κ3) is 7.24. The van der Waals surface area contributed by atoms with Gasteiger partial charge in [-0.05, 0) is 66.6 Å². The van der Waals surface area contributed by atoms with Gasteiger partial charge in [-0.1, -0.05) is 39.0 Å². The van der Waals surface area contributed by atoms with E-state index in [-0.39, 0.29) is 0 Å². The van der Waals surface area contributed by atoms with Gasteiger partial charge in [-0.3, -0.25) is 0 Å². The lowest BCUT2D eigenvalue weighted by molar-refractivity contribution is 0.206. The Balaban J connectivity index is 2.10. The number of hydrogen-bond donors (Lipinski definition) is 0. The van der Waals surface area contributed by atoms with Crippen molar-refractivity contribution in [2.45, 2.75) is 64.9 Å². The van der Waals surface area contributed by atoms with Crippen LogP contribution >= 0.6 is 22.6 Å². The molecule has 18 heavy (non-hydrogen) atoms. The van der Waals surface area contributed by atoms with Gasteiger partial charge in [0.15, 0.2) is 0 Å². The van der Waals surface area contributed by atoms with E-state index in [9.17, 15) is 0 Å². The van der Waals surface area contributed by atoms with E-state index in [0.29, 0.717) is 6.10 Å². The molecule has 102 valence electrons. The van der Waals surface area contributed by atoms with Crippen molar-refractivity contribution in [3.05, 3.63) is 27.8 Å². The third-order valence-corrected chi connectivity index (χ3v) is 3.83. The zero-order valence-corrected chi connectivity index (χ0v) is 13.8. The highest BCUT2D eigenvalue weighted by molar-refractivity contribution is 14.1. The van der Waals surface area contributed by atoms with Crippen LogP contribution in [0, 0.1) is 3.57 Å². The first-order valence-corrected chi connectivity index (χ1v) is 8.22. The molecule has 0 aromatic heterocycles. The van der Waals surface area contributed by atoms with Crippen molar-refractivity contribution in [2.75, 3.05) is 0 Å². The zero-order valence-electron chi connectivity index (χ0n) is 11.6. The number of rotatable bonds is 9. The normalized spacial score (nSPS) is 12.4. The maximum absolute atomic E-state index is 5.89. The predicted octanol–water partition coefficient (Wildman–Crippen LogP) is 5.81. The summed E-state index contributed by atoms with van der Waals surface area (Å²) in [7, 11) is 0. The first-order valence-electron chi connectivity index (χ1n) is 7.14. The second-order valence-electron chi connectivity index (χ2n) is 4.94. The van der Waals surface area contributed by atoms with Gasteiger partial charge in [0, 0.05) is 3.57 Å². The summed E-state index contributed by atoms with van der Waals surface area (Å²) in [5, 5.41) is 0. The molecule has 0 aliphatic heterocycles. The van der Waals surface area contributed by atoms with Crippen LogP contribution in [-0.2, 0) is 0 Å². The van der Waals surface area contributed by atoms with Gasteiger partial charge in [0.1, 0.15) is 5.75 Å². The fourth-order valence-electron chi connectivity index (χ4n) is 2.02. The molecule has 0 bridgehead atoms. The van der Waals surface area contributed by atoms with Crippen LogP contribution in [0.3, 0.4) is 0 Å². The molecule has 1 atom stereocenters. The molecule has 1 aromatic carbocycles. The minimum absolute atomic E-state index is 0.330. The van der Waals surface area contributed by atoms with E-state index in [1.165, 1.54) is 42.1 Å². The summed E-state index contributed by atoms with van der Waals surface area (Å²) in [6, 6.07) is 8.29. The van der Waals surface area contributed by atoms with Crippen molar-refractivity contribution in [1.82, 2.24) is 0 Å². The molecule has 1 aromatic rings. The number of unbranched alkanes of at least 4 members (excludes halogenated alkanes) is 5. The van der Waals surface area contributed by atoms with Crippen molar-refractivity contribution in [3.63, 3.8) is 0 Å². The average molecular weight is 360 g/mol. The number of benzene rings is 1. The van der Waals surface area contributed by atoms with Gasteiger partial charge < -0.3 is 4.74 Å². The summed E-state index contributed by atoms with van der Waals surface area (Å²) < 4.78 is 7.15. The highest BCUT2D eigenvalue weighted by Crippen LogP contribution is 2.17. The lowest BCUT2D eigenvalue weighted by Crippen LogP contribution is -2.11. The highest BCUT2D eigenvalue weighted by atomic mass is 127. The molecular weight excluding hydrogens is 335 g/mol. The van der Waals surface area contributed by atoms with E-state index in [2.05, 4.69) is 60.7 Å². The van der Waals surface area contributed by atoms with E-state index in [4.69, 9.17) is 4.74 Å². The van der Waals surface area contributed by atoms with Crippen LogP contribution < -0.4 is 4.74 Å². The molecule has 0 fully saturated rings. The Morgan fingerprint density at radius 3 is 2.28 bits per heavy atom. The Hall–Kier alpha value is -0.250. The molecule has 0 saturated heterocycles. The van der Waals surface area contributed by atoms with Crippen LogP contribution in [0.2, 0.25) is 0 Å². The lowest BCUT2D eigenvalue weighted by atomic mass is 10.1. The predicted molar refractivity (Wildman–Crippen MR) is 87.2 cm³/mol. The van der Waals surface area contributed by atoms with Gasteiger partial charge in [-0.25, -0.2) is 0 Å². The van der Waals surface area contributed by atoms with Gasteiger partial charge in [0.05, 0.1) is 6.10 Å². The van der Waals surface area contributed by atoms with E-state index in [1.807, 2.05) is 0 Å². The first kappa shape index (κ1) is 15.8. The Labute approximate surface area is 125 Å². The van der Waals surface area contributed by atoms with Crippen molar-refractivity contribution in [3.8, 4) is 5.75 Å². The fraction of sp³-hybridized carbons (Fsp3) is 0.625. The van der Waals surface area contributed by atoms with Crippen molar-refractivity contribution >= 4 is 22.6 Å². The molecule has 0 N–H and O–H groups in total. The molecular formula is C16H25IO. The lowest BCUT2D eigenvalue weighted by Gasteiger charge is -2.14. The van der Waals surface area contributed by atoms with Crippen molar-refractivity contribution < 1.29 is 4.74 Å². The summed E-state index contributed by atoms with van der Waals surface area (Å²) in [4.78, 5) is 0. The molecule has 0 amide bonds. The summed E-state index contributed by atoms with van der Waals surface area (Å²) in [6.45, 7) is 4.43. The van der Waals surface area contributed by atoms with Gasteiger partial charge in [-0.2, -0.15) is 0 Å². The molecule has 0 spiro atoms. The Kier molecular flexibility index (Phi) is 8.47. The smallest absolute Gasteiger partial charge is 0.119 e. The summed E-state index contributed by atoms with van der Waals surface area (Å²) in [5.41, 5.74) is 0. The van der Waals surface area contributed by atoms with Crippen LogP contribution in [0.1, 0.15) is 58.8 Å². The molecule has 0 aliphatic carbocycles. The highest BCUT2D eigenvalue weighted by Gasteiger charge is 2.03. The Morgan fingerprint density at radius 2 is 1.61 bits per heavy atom. The fourth-order valence-corrected chi connectivity index (χ4v) is 2.38. The number of ether oxygens (including phenoxy) is 1. The summed E-state index contributed by atoms with van der Waals surface area (Å²) >= 11 is 2.31. The van der Waals surface area contributed by atoms with Gasteiger partial charge in [0.25, 0.3) is 0 Å². The zero-order chi connectivity index (χ0) is 13.2. The summed E-state index contributed by atoms with van der Waals surface area (Å²) in [5.74, 6) is 0.994. The van der Waals surface area contributed by atoms with Gasteiger partial charge >= 0.3 is 0 Å². The molecule has 2 heteroatoms. The topological polar surface area (TPSA) is 9.23 Å². The largest absolute Gasteiger partial charge is 0.491 e. The third-order valence-electron chi connectivity index (χ3n) is 3.12. The quantitative estimate of drug-likeness (QED) is 0.399. The average Bonchev–Trinajstić information content (AvgIpc) is 2.36. The van der Waals surface area contributed by atoms with Crippen LogP contribution in [0.15, 0.2) is 24.3 Å². The molecule has 0 radical (unpaired) electrons. The maximum atomic E-state index is 5.89. The van der Waals surface area contributed by atoms with Gasteiger partial charge in [-0.15, -0.1) is 0 Å². The van der Waals surface area contributed by atoms with Crippen LogP contribution in [-0.4, -0.2) is 6.10 Å². The molecule has 0 aliphatic rings.